The zero-order chi connectivity index (χ0) is 12.6. The van der Waals surface area contributed by atoms with E-state index < -0.39 is 6.04 Å². The van der Waals surface area contributed by atoms with Crippen LogP contribution in [0.5, 0.6) is 0 Å². The number of nitrogens with zero attached hydrogens (tertiary/aromatic N) is 2. The van der Waals surface area contributed by atoms with Crippen molar-refractivity contribution in [3.05, 3.63) is 35.2 Å². The molecular formula is C11H13N4W-. The molecule has 0 amide bonds. The predicted molar refractivity (Wildman–Crippen MR) is 59.4 cm³/mol. The Bertz CT molecular complexity index is 384. The Morgan fingerprint density at radius 1 is 1.69 bits per heavy atom. The van der Waals surface area contributed by atoms with E-state index in [0.717, 1.165) is 15.2 Å². The van der Waals surface area contributed by atoms with Crippen LogP contribution in [0.1, 0.15) is 13.8 Å². The molecule has 0 aromatic carbocycles. The van der Waals surface area contributed by atoms with E-state index in [2.05, 4.69) is 15.7 Å². The summed E-state index contributed by atoms with van der Waals surface area (Å²) < 4.78 is 0.954. The fourth-order valence-electron chi connectivity index (χ4n) is 0.868. The van der Waals surface area contributed by atoms with Gasteiger partial charge in [-0.05, 0) is 0 Å². The summed E-state index contributed by atoms with van der Waals surface area (Å²) in [7, 11) is 0. The van der Waals surface area contributed by atoms with Gasteiger partial charge in [0.05, 0.1) is 0 Å². The van der Waals surface area contributed by atoms with E-state index in [1.807, 2.05) is 26.0 Å². The van der Waals surface area contributed by atoms with Gasteiger partial charge in [-0.1, -0.05) is 0 Å². The molecule has 0 aliphatic rings. The van der Waals surface area contributed by atoms with Gasteiger partial charge in [-0.2, -0.15) is 0 Å². The molecule has 84 valence electrons. The quantitative estimate of drug-likeness (QED) is 0.406. The molecule has 5 heteroatoms. The number of hydrogen-bond donors (Lipinski definition) is 2. The molecule has 0 rings (SSSR count). The van der Waals surface area contributed by atoms with Crippen LogP contribution in [0.15, 0.2) is 17.2 Å². The van der Waals surface area contributed by atoms with Crippen molar-refractivity contribution in [1.82, 2.24) is 10.9 Å². The topological polar surface area (TPSA) is 52.2 Å². The van der Waals surface area contributed by atoms with Gasteiger partial charge < -0.3 is 0 Å². The van der Waals surface area contributed by atoms with Gasteiger partial charge in [0.25, 0.3) is 0 Å². The number of rotatable bonds is 6. The van der Waals surface area contributed by atoms with Crippen LogP contribution in [-0.4, -0.2) is 16.6 Å². The van der Waals surface area contributed by atoms with Crippen LogP contribution >= 0.6 is 0 Å². The first-order valence-corrected chi connectivity index (χ1v) is 6.04. The van der Waals surface area contributed by atoms with E-state index in [4.69, 9.17) is 18.4 Å². The molecule has 4 nitrogen and oxygen atoms in total. The maximum absolute atomic E-state index is 8.72. The van der Waals surface area contributed by atoms with Crippen LogP contribution in [0, 0.1) is 24.5 Å². The Hall–Kier alpha value is -1.06. The van der Waals surface area contributed by atoms with Crippen molar-refractivity contribution in [2.75, 3.05) is 6.54 Å². The zero-order valence-corrected chi connectivity index (χ0v) is 12.2. The third-order valence-electron chi connectivity index (χ3n) is 1.59. The second kappa shape index (κ2) is 8.13. The zero-order valence-electron chi connectivity index (χ0n) is 9.24. The second-order valence-corrected chi connectivity index (χ2v) is 4.66. The molecular weight excluding hydrogens is 372 g/mol. The Labute approximate surface area is 107 Å². The molecule has 0 radical (unpaired) electrons. The van der Waals surface area contributed by atoms with E-state index in [0.29, 0.717) is 0 Å². The molecule has 16 heavy (non-hydrogen) atoms. The van der Waals surface area contributed by atoms with Crippen molar-refractivity contribution >= 4 is 4.02 Å². The Balaban J connectivity index is 4.23. The molecule has 0 spiro atoms. The average Bonchev–Trinajstić information content (AvgIpc) is 2.22. The first kappa shape index (κ1) is 14.9. The Morgan fingerprint density at radius 3 is 2.75 bits per heavy atom. The standard InChI is InChI=1S/C11H13N4.W/c1-9(2)5-10(3)7-14-15-11(6-12)8-13-4;/h1,5,11,14-15H,8H2,2-3H3;/q-1;/b10-5-;. The average molecular weight is 385 g/mol. The summed E-state index contributed by atoms with van der Waals surface area (Å²) in [4.78, 5) is 3.16. The third-order valence-corrected chi connectivity index (χ3v) is 3.12. The van der Waals surface area contributed by atoms with Crippen LogP contribution in [0.2, 0.25) is 0 Å². The van der Waals surface area contributed by atoms with E-state index in [1.54, 1.807) is 0 Å². The molecule has 0 saturated carbocycles. The molecule has 0 aliphatic heterocycles. The molecule has 2 N–H and O–H groups in total. The Morgan fingerprint density at radius 2 is 2.31 bits per heavy atom. The van der Waals surface area contributed by atoms with Gasteiger partial charge >= 0.3 is 107 Å². The summed E-state index contributed by atoms with van der Waals surface area (Å²) >= 11 is 1.23. The van der Waals surface area contributed by atoms with Crippen molar-refractivity contribution in [2.45, 2.75) is 19.9 Å². The third kappa shape index (κ3) is 6.43. The summed E-state index contributed by atoms with van der Waals surface area (Å²) in [5.74, 6) is 0. The summed E-state index contributed by atoms with van der Waals surface area (Å²) in [6.07, 6.45) is 1.85. The van der Waals surface area contributed by atoms with E-state index in [1.165, 1.54) is 19.4 Å². The van der Waals surface area contributed by atoms with Gasteiger partial charge in [-0.25, -0.2) is 0 Å². The van der Waals surface area contributed by atoms with Gasteiger partial charge in [0.1, 0.15) is 0 Å². The monoisotopic (exact) mass is 385 g/mol. The van der Waals surface area contributed by atoms with Crippen molar-refractivity contribution < 1.29 is 19.4 Å². The summed E-state index contributed by atoms with van der Waals surface area (Å²) in [6, 6.07) is 1.50. The minimum absolute atomic E-state index is 0.136. The molecule has 0 aromatic rings. The van der Waals surface area contributed by atoms with E-state index >= 15 is 0 Å². The van der Waals surface area contributed by atoms with Crippen molar-refractivity contribution in [3.8, 4) is 6.07 Å². The molecule has 0 aromatic heterocycles. The SMILES string of the molecule is [C-]#[N+]CC(C#N)NN[C](=[W])/C(C)=C\C(=[CH-])C. The van der Waals surface area contributed by atoms with Gasteiger partial charge in [0, 0.05) is 0 Å². The molecule has 0 aliphatic carbocycles. The molecule has 0 fully saturated rings. The first-order chi connectivity index (χ1) is 7.51. The van der Waals surface area contributed by atoms with Crippen molar-refractivity contribution in [1.29, 1.82) is 5.26 Å². The fourth-order valence-corrected chi connectivity index (χ4v) is 1.29. The molecule has 1 unspecified atom stereocenters. The van der Waals surface area contributed by atoms with Crippen LogP contribution in [0.25, 0.3) is 4.85 Å². The number of nitrogens with one attached hydrogen (secondary N) is 2. The van der Waals surface area contributed by atoms with Gasteiger partial charge in [0.15, 0.2) is 0 Å². The molecule has 0 heterocycles. The van der Waals surface area contributed by atoms with Crippen LogP contribution < -0.4 is 10.9 Å². The molecule has 0 bridgehead atoms. The second-order valence-electron chi connectivity index (χ2n) is 3.19. The van der Waals surface area contributed by atoms with Crippen LogP contribution in [0.4, 0.5) is 0 Å². The summed E-state index contributed by atoms with van der Waals surface area (Å²) in [6.45, 7) is 16.1. The predicted octanol–water partition coefficient (Wildman–Crippen LogP) is 0.894. The van der Waals surface area contributed by atoms with E-state index in [-0.39, 0.29) is 6.54 Å². The van der Waals surface area contributed by atoms with Crippen molar-refractivity contribution in [3.63, 3.8) is 0 Å². The number of nitriles is 1. The van der Waals surface area contributed by atoms with Crippen LogP contribution in [-0.2, 0) is 19.4 Å². The van der Waals surface area contributed by atoms with Gasteiger partial charge in [0.2, 0.25) is 0 Å². The normalized spacial score (nSPS) is 12.4. The number of allylic oxidation sites excluding steroid dienone is 2. The van der Waals surface area contributed by atoms with Gasteiger partial charge in [-0.15, -0.1) is 0 Å². The van der Waals surface area contributed by atoms with Crippen LogP contribution in [0.3, 0.4) is 0 Å². The molecule has 1 atom stereocenters. The van der Waals surface area contributed by atoms with Gasteiger partial charge in [-0.3, -0.25) is 0 Å². The summed E-state index contributed by atoms with van der Waals surface area (Å²) in [5, 5.41) is 8.72. The maximum atomic E-state index is 8.72. The van der Waals surface area contributed by atoms with Crippen molar-refractivity contribution in [2.24, 2.45) is 0 Å². The fraction of sp³-hybridized carbons (Fsp3) is 0.364. The van der Waals surface area contributed by atoms with E-state index in [9.17, 15) is 0 Å². The summed E-state index contributed by atoms with van der Waals surface area (Å²) in [5.41, 5.74) is 7.46. The Kier molecular flexibility index (Phi) is 7.59. The number of hydrazine groups is 1. The number of hydrogen-bond acceptors (Lipinski definition) is 3. The molecule has 0 saturated heterocycles. The first-order valence-electron chi connectivity index (χ1n) is 4.57. The minimum atomic E-state index is -0.498.